The van der Waals surface area contributed by atoms with Gasteiger partial charge < -0.3 is 5.43 Å². The molecular weight excluding hydrogens is 174 g/mol. The number of nitrogens with zero attached hydrogens (tertiary/aromatic N) is 1. The highest BCUT2D eigenvalue weighted by atomic mass is 15.2. The molecule has 0 radical (unpaired) electrons. The number of benzene rings is 1. The van der Waals surface area contributed by atoms with Gasteiger partial charge >= 0.3 is 0 Å². The molecule has 0 amide bonds. The van der Waals surface area contributed by atoms with E-state index in [1.54, 1.807) is 7.05 Å². The first kappa shape index (κ1) is 10.7. The van der Waals surface area contributed by atoms with E-state index in [1.807, 2.05) is 0 Å². The molecule has 0 saturated heterocycles. The highest BCUT2D eigenvalue weighted by Crippen LogP contribution is 2.05. The van der Waals surface area contributed by atoms with Gasteiger partial charge in [-0.05, 0) is 18.9 Å². The van der Waals surface area contributed by atoms with Crippen LogP contribution in [0.15, 0.2) is 29.3 Å². The predicted octanol–water partition coefficient (Wildman–Crippen LogP) is 1.42. The number of rotatable bonds is 3. The van der Waals surface area contributed by atoms with Crippen LogP contribution in [0, 0.1) is 6.92 Å². The molecule has 1 aromatic rings. The Balaban J connectivity index is 2.49. The highest BCUT2D eigenvalue weighted by Gasteiger charge is 1.97. The first-order valence-corrected chi connectivity index (χ1v) is 4.74. The number of aryl methyl sites for hydroxylation is 2. The fraction of sp³-hybridized carbons (Fsp3) is 0.364. The van der Waals surface area contributed by atoms with Gasteiger partial charge in [-0.3, -0.25) is 4.99 Å². The van der Waals surface area contributed by atoms with E-state index in [-0.39, 0.29) is 0 Å². The fourth-order valence-corrected chi connectivity index (χ4v) is 1.27. The van der Waals surface area contributed by atoms with Crippen LogP contribution < -0.4 is 11.3 Å². The third kappa shape index (κ3) is 3.18. The van der Waals surface area contributed by atoms with Crippen molar-refractivity contribution in [1.29, 1.82) is 0 Å². The van der Waals surface area contributed by atoms with Gasteiger partial charge in [0.2, 0.25) is 0 Å². The average Bonchev–Trinajstić information content (AvgIpc) is 2.22. The molecule has 0 heterocycles. The van der Waals surface area contributed by atoms with Crippen LogP contribution in [0.1, 0.15) is 17.5 Å². The van der Waals surface area contributed by atoms with E-state index in [2.05, 4.69) is 41.6 Å². The van der Waals surface area contributed by atoms with Crippen molar-refractivity contribution in [2.75, 3.05) is 7.05 Å². The molecule has 3 heteroatoms. The molecule has 3 N–H and O–H groups in total. The van der Waals surface area contributed by atoms with Gasteiger partial charge in [0.25, 0.3) is 0 Å². The summed E-state index contributed by atoms with van der Waals surface area (Å²) in [5.41, 5.74) is 5.18. The minimum absolute atomic E-state index is 0.838. The van der Waals surface area contributed by atoms with Crippen molar-refractivity contribution in [1.82, 2.24) is 5.43 Å². The zero-order valence-electron chi connectivity index (χ0n) is 8.75. The van der Waals surface area contributed by atoms with Gasteiger partial charge in [0, 0.05) is 13.5 Å². The second-order valence-corrected chi connectivity index (χ2v) is 3.30. The van der Waals surface area contributed by atoms with E-state index in [4.69, 9.17) is 5.84 Å². The molecule has 14 heavy (non-hydrogen) atoms. The van der Waals surface area contributed by atoms with Crippen molar-refractivity contribution in [3.8, 4) is 0 Å². The van der Waals surface area contributed by atoms with Crippen LogP contribution in [-0.2, 0) is 6.42 Å². The van der Waals surface area contributed by atoms with Crippen molar-refractivity contribution < 1.29 is 0 Å². The van der Waals surface area contributed by atoms with Crippen molar-refractivity contribution in [3.63, 3.8) is 0 Å². The van der Waals surface area contributed by atoms with Crippen LogP contribution in [0.4, 0.5) is 0 Å². The summed E-state index contributed by atoms with van der Waals surface area (Å²) in [6, 6.07) is 8.51. The van der Waals surface area contributed by atoms with Crippen molar-refractivity contribution in [3.05, 3.63) is 35.4 Å². The number of aliphatic imine (C=N–C) groups is 1. The van der Waals surface area contributed by atoms with E-state index in [9.17, 15) is 0 Å². The lowest BCUT2D eigenvalue weighted by Crippen LogP contribution is -2.30. The second kappa shape index (κ2) is 5.40. The summed E-state index contributed by atoms with van der Waals surface area (Å²) in [5.74, 6) is 6.13. The molecule has 0 bridgehead atoms. The molecule has 0 aromatic heterocycles. The summed E-state index contributed by atoms with van der Waals surface area (Å²) >= 11 is 0. The zero-order chi connectivity index (χ0) is 10.4. The Bertz CT molecular complexity index is 301. The monoisotopic (exact) mass is 191 g/mol. The van der Waals surface area contributed by atoms with Gasteiger partial charge in [-0.15, -0.1) is 0 Å². The lowest BCUT2D eigenvalue weighted by atomic mass is 10.1. The van der Waals surface area contributed by atoms with Gasteiger partial charge in [-0.25, -0.2) is 5.84 Å². The Morgan fingerprint density at radius 2 is 2.00 bits per heavy atom. The fourth-order valence-electron chi connectivity index (χ4n) is 1.27. The topological polar surface area (TPSA) is 50.4 Å². The van der Waals surface area contributed by atoms with Crippen LogP contribution in [0.3, 0.4) is 0 Å². The van der Waals surface area contributed by atoms with E-state index in [1.165, 1.54) is 11.1 Å². The SMILES string of the molecule is CN=C(CCc1ccc(C)cc1)NN. The van der Waals surface area contributed by atoms with Crippen molar-refractivity contribution >= 4 is 5.84 Å². The zero-order valence-corrected chi connectivity index (χ0v) is 8.75. The lowest BCUT2D eigenvalue weighted by molar-refractivity contribution is 0.922. The third-order valence-corrected chi connectivity index (χ3v) is 2.21. The first-order valence-electron chi connectivity index (χ1n) is 4.74. The molecule has 0 atom stereocenters. The summed E-state index contributed by atoms with van der Waals surface area (Å²) in [5, 5.41) is 0. The Morgan fingerprint density at radius 3 is 2.50 bits per heavy atom. The van der Waals surface area contributed by atoms with Crippen molar-refractivity contribution in [2.24, 2.45) is 10.8 Å². The number of hydrogen-bond acceptors (Lipinski definition) is 2. The molecule has 3 nitrogen and oxygen atoms in total. The first-order chi connectivity index (χ1) is 6.76. The van der Waals surface area contributed by atoms with Gasteiger partial charge in [0.05, 0.1) is 0 Å². The summed E-state index contributed by atoms with van der Waals surface area (Å²) in [6.45, 7) is 2.09. The van der Waals surface area contributed by atoms with Gasteiger partial charge in [0.1, 0.15) is 5.84 Å². The highest BCUT2D eigenvalue weighted by molar-refractivity contribution is 5.81. The van der Waals surface area contributed by atoms with Crippen LogP contribution >= 0.6 is 0 Å². The van der Waals surface area contributed by atoms with Gasteiger partial charge in [-0.1, -0.05) is 29.8 Å². The maximum Gasteiger partial charge on any atom is 0.110 e. The lowest BCUT2D eigenvalue weighted by Gasteiger charge is -2.04. The molecule has 0 spiro atoms. The van der Waals surface area contributed by atoms with E-state index in [0.717, 1.165) is 18.7 Å². The Morgan fingerprint density at radius 1 is 1.36 bits per heavy atom. The molecule has 0 aliphatic heterocycles. The van der Waals surface area contributed by atoms with Gasteiger partial charge in [0.15, 0.2) is 0 Å². The van der Waals surface area contributed by atoms with Gasteiger partial charge in [-0.2, -0.15) is 0 Å². The smallest absolute Gasteiger partial charge is 0.110 e. The van der Waals surface area contributed by atoms with E-state index in [0.29, 0.717) is 0 Å². The molecule has 0 aliphatic carbocycles. The largest absolute Gasteiger partial charge is 0.312 e. The number of nitrogens with two attached hydrogens (primary N) is 1. The minimum atomic E-state index is 0.838. The molecule has 1 rings (SSSR count). The quantitative estimate of drug-likeness (QED) is 0.328. The molecule has 0 saturated carbocycles. The number of nitrogens with one attached hydrogen (secondary N) is 1. The number of hydrazine groups is 1. The summed E-state index contributed by atoms with van der Waals surface area (Å²) < 4.78 is 0. The summed E-state index contributed by atoms with van der Waals surface area (Å²) in [6.07, 6.45) is 1.83. The van der Waals surface area contributed by atoms with E-state index >= 15 is 0 Å². The van der Waals surface area contributed by atoms with Crippen LogP contribution in [0.25, 0.3) is 0 Å². The van der Waals surface area contributed by atoms with Crippen molar-refractivity contribution in [2.45, 2.75) is 19.8 Å². The number of hydrogen-bond donors (Lipinski definition) is 2. The minimum Gasteiger partial charge on any atom is -0.312 e. The third-order valence-electron chi connectivity index (χ3n) is 2.21. The second-order valence-electron chi connectivity index (χ2n) is 3.30. The maximum absolute atomic E-state index is 5.29. The molecule has 0 unspecified atom stereocenters. The number of amidine groups is 1. The molecule has 0 fully saturated rings. The molecular formula is C11H17N3. The average molecular weight is 191 g/mol. The standard InChI is InChI=1S/C11H17N3/c1-9-3-5-10(6-4-9)7-8-11(13-2)14-12/h3-6H,7-8,12H2,1-2H3,(H,13,14). The maximum atomic E-state index is 5.29. The van der Waals surface area contributed by atoms with Crippen LogP contribution in [0.2, 0.25) is 0 Å². The Hall–Kier alpha value is -1.35. The summed E-state index contributed by atoms with van der Waals surface area (Å²) in [4.78, 5) is 4.02. The molecule has 0 aliphatic rings. The predicted molar refractivity (Wildman–Crippen MR) is 60.2 cm³/mol. The Kier molecular flexibility index (Phi) is 4.13. The Labute approximate surface area is 85.0 Å². The van der Waals surface area contributed by atoms with Crippen LogP contribution in [0.5, 0.6) is 0 Å². The molecule has 1 aromatic carbocycles. The summed E-state index contributed by atoms with van der Waals surface area (Å²) in [7, 11) is 1.74. The normalized spacial score (nSPS) is 11.5. The molecule has 76 valence electrons. The van der Waals surface area contributed by atoms with Crippen LogP contribution in [-0.4, -0.2) is 12.9 Å². The van der Waals surface area contributed by atoms with E-state index < -0.39 is 0 Å².